The van der Waals surface area contributed by atoms with Crippen molar-refractivity contribution >= 4 is 23.7 Å². The van der Waals surface area contributed by atoms with Crippen LogP contribution in [0.3, 0.4) is 0 Å². The van der Waals surface area contributed by atoms with Crippen LogP contribution in [0.2, 0.25) is 0 Å². The third kappa shape index (κ3) is 17.0. The molecule has 9 heteroatoms. The van der Waals surface area contributed by atoms with Gasteiger partial charge in [-0.1, -0.05) is 78.1 Å². The molecule has 0 aliphatic rings. The summed E-state index contributed by atoms with van der Waals surface area (Å²) in [5.41, 5.74) is 0. The van der Waals surface area contributed by atoms with Gasteiger partial charge in [-0.2, -0.15) is 0 Å². The Morgan fingerprint density at radius 3 is 1.91 bits per heavy atom. The molecule has 35 heavy (non-hydrogen) atoms. The van der Waals surface area contributed by atoms with E-state index in [1.807, 2.05) is 6.92 Å². The maximum atomic E-state index is 12.9. The predicted octanol–water partition coefficient (Wildman–Crippen LogP) is 3.65. The van der Waals surface area contributed by atoms with Crippen LogP contribution in [0.5, 0.6) is 0 Å². The first-order valence-corrected chi connectivity index (χ1v) is 13.4. The minimum atomic E-state index is -1.17. The predicted molar refractivity (Wildman–Crippen MR) is 137 cm³/mol. The minimum absolute atomic E-state index is 0.0373. The Labute approximate surface area is 211 Å². The zero-order chi connectivity index (χ0) is 26.5. The third-order valence-corrected chi connectivity index (χ3v) is 5.99. The van der Waals surface area contributed by atoms with E-state index in [0.29, 0.717) is 13.0 Å². The summed E-state index contributed by atoms with van der Waals surface area (Å²) in [6.45, 7) is 5.71. The Kier molecular flexibility index (Phi) is 19.8. The lowest BCUT2D eigenvalue weighted by Crippen LogP contribution is -2.55. The number of carbonyl (C=O) groups excluding carboxylic acids is 3. The zero-order valence-electron chi connectivity index (χ0n) is 22.4. The Morgan fingerprint density at radius 2 is 1.37 bits per heavy atom. The number of hydrogen-bond donors (Lipinski definition) is 3. The fraction of sp³-hybridized carbons (Fsp3) is 0.846. The third-order valence-electron chi connectivity index (χ3n) is 5.99. The second-order valence-corrected chi connectivity index (χ2v) is 9.22. The minimum Gasteiger partial charge on any atom is -0.480 e. The number of amides is 3. The van der Waals surface area contributed by atoms with Crippen molar-refractivity contribution in [1.29, 1.82) is 0 Å². The van der Waals surface area contributed by atoms with Crippen molar-refractivity contribution < 1.29 is 29.0 Å². The molecule has 0 aromatic carbocycles. The van der Waals surface area contributed by atoms with Gasteiger partial charge in [-0.25, -0.2) is 0 Å². The highest BCUT2D eigenvalue weighted by atomic mass is 16.5. The summed E-state index contributed by atoms with van der Waals surface area (Å²) in [4.78, 5) is 49.7. The molecule has 0 fully saturated rings. The van der Waals surface area contributed by atoms with Gasteiger partial charge < -0.3 is 25.4 Å². The van der Waals surface area contributed by atoms with E-state index < -0.39 is 36.4 Å². The number of rotatable bonds is 22. The quantitative estimate of drug-likeness (QED) is 0.195. The SMILES string of the molecule is CCCCCCCCCCCCC(=O)N(C)[C@H](COCCCC)C(=O)N[C@H](C)C(=O)NCC(=O)O. The first kappa shape index (κ1) is 32.8. The summed E-state index contributed by atoms with van der Waals surface area (Å²) >= 11 is 0. The number of ether oxygens (including phenoxy) is 1. The van der Waals surface area contributed by atoms with Crippen LogP contribution in [0.25, 0.3) is 0 Å². The second-order valence-electron chi connectivity index (χ2n) is 9.22. The Hall–Kier alpha value is -2.16. The number of hydrogen-bond acceptors (Lipinski definition) is 5. The van der Waals surface area contributed by atoms with Gasteiger partial charge in [0.05, 0.1) is 6.61 Å². The largest absolute Gasteiger partial charge is 0.480 e. The molecule has 0 saturated heterocycles. The van der Waals surface area contributed by atoms with Crippen molar-refractivity contribution in [3.63, 3.8) is 0 Å². The molecule has 0 radical (unpaired) electrons. The van der Waals surface area contributed by atoms with E-state index in [0.717, 1.165) is 32.1 Å². The molecule has 0 aromatic rings. The Balaban J connectivity index is 4.59. The van der Waals surface area contributed by atoms with Gasteiger partial charge in [0.2, 0.25) is 17.7 Å². The van der Waals surface area contributed by atoms with Gasteiger partial charge in [0, 0.05) is 20.1 Å². The number of carbonyl (C=O) groups is 4. The number of aliphatic carboxylic acids is 1. The standard InChI is InChI=1S/C26H49N3O6/c1-5-7-9-10-11-12-13-14-15-16-17-23(30)29(4)22(20-35-18-8-6-2)26(34)28-21(3)25(33)27-19-24(31)32/h21-22H,5-20H2,1-4H3,(H,27,33)(H,28,34)(H,31,32)/t21-,22-/m1/s1. The fourth-order valence-corrected chi connectivity index (χ4v) is 3.61. The smallest absolute Gasteiger partial charge is 0.322 e. The maximum absolute atomic E-state index is 12.9. The van der Waals surface area contributed by atoms with E-state index in [9.17, 15) is 19.2 Å². The molecular weight excluding hydrogens is 450 g/mol. The summed E-state index contributed by atoms with van der Waals surface area (Å²) in [5, 5.41) is 13.5. The van der Waals surface area contributed by atoms with E-state index in [2.05, 4.69) is 17.6 Å². The molecule has 0 bridgehead atoms. The normalized spacial score (nSPS) is 12.6. The van der Waals surface area contributed by atoms with Crippen molar-refractivity contribution in [2.75, 3.05) is 26.8 Å². The number of unbranched alkanes of at least 4 members (excludes halogenated alkanes) is 10. The first-order chi connectivity index (χ1) is 16.7. The van der Waals surface area contributed by atoms with Gasteiger partial charge in [-0.05, 0) is 19.8 Å². The second kappa shape index (κ2) is 21.1. The number of nitrogens with one attached hydrogen (secondary N) is 2. The number of likely N-dealkylation sites (N-methyl/N-ethyl adjacent to an activating group) is 1. The van der Waals surface area contributed by atoms with Gasteiger partial charge in [0.15, 0.2) is 0 Å². The van der Waals surface area contributed by atoms with Gasteiger partial charge in [0.25, 0.3) is 0 Å². The Bertz CT molecular complexity index is 614. The van der Waals surface area contributed by atoms with E-state index in [-0.39, 0.29) is 12.5 Å². The van der Waals surface area contributed by atoms with Crippen LogP contribution in [0.1, 0.15) is 104 Å². The first-order valence-electron chi connectivity index (χ1n) is 13.4. The molecule has 2 atom stereocenters. The van der Waals surface area contributed by atoms with Crippen LogP contribution in [0.4, 0.5) is 0 Å². The lowest BCUT2D eigenvalue weighted by Gasteiger charge is -2.28. The molecule has 0 rings (SSSR count). The van der Waals surface area contributed by atoms with Crippen LogP contribution in [-0.4, -0.2) is 72.6 Å². The highest BCUT2D eigenvalue weighted by Crippen LogP contribution is 2.12. The van der Waals surface area contributed by atoms with Crippen molar-refractivity contribution in [1.82, 2.24) is 15.5 Å². The summed E-state index contributed by atoms with van der Waals surface area (Å²) in [6, 6.07) is -1.80. The summed E-state index contributed by atoms with van der Waals surface area (Å²) in [5.74, 6) is -2.41. The van der Waals surface area contributed by atoms with E-state index in [4.69, 9.17) is 9.84 Å². The van der Waals surface area contributed by atoms with E-state index >= 15 is 0 Å². The van der Waals surface area contributed by atoms with Crippen LogP contribution < -0.4 is 10.6 Å². The summed E-state index contributed by atoms with van der Waals surface area (Å²) < 4.78 is 5.62. The molecule has 204 valence electrons. The molecule has 0 aromatic heterocycles. The average Bonchev–Trinajstić information content (AvgIpc) is 2.82. The van der Waals surface area contributed by atoms with Crippen LogP contribution >= 0.6 is 0 Å². The molecule has 0 heterocycles. The lowest BCUT2D eigenvalue weighted by atomic mass is 10.1. The summed E-state index contributed by atoms with van der Waals surface area (Å²) in [7, 11) is 1.58. The number of carboxylic acids is 1. The van der Waals surface area contributed by atoms with Gasteiger partial charge in [-0.3, -0.25) is 19.2 Å². The molecule has 0 aliphatic heterocycles. The molecule has 0 aliphatic carbocycles. The van der Waals surface area contributed by atoms with Crippen molar-refractivity contribution in [3.8, 4) is 0 Å². The lowest BCUT2D eigenvalue weighted by molar-refractivity contribution is -0.142. The van der Waals surface area contributed by atoms with E-state index in [1.54, 1.807) is 7.05 Å². The van der Waals surface area contributed by atoms with Gasteiger partial charge in [-0.15, -0.1) is 0 Å². The fourth-order valence-electron chi connectivity index (χ4n) is 3.61. The molecular formula is C26H49N3O6. The molecule has 3 N–H and O–H groups in total. The molecule has 9 nitrogen and oxygen atoms in total. The summed E-state index contributed by atoms with van der Waals surface area (Å²) in [6.07, 6.45) is 13.9. The van der Waals surface area contributed by atoms with Crippen molar-refractivity contribution in [2.24, 2.45) is 0 Å². The van der Waals surface area contributed by atoms with Crippen LogP contribution in [-0.2, 0) is 23.9 Å². The monoisotopic (exact) mass is 499 g/mol. The van der Waals surface area contributed by atoms with Crippen LogP contribution in [0.15, 0.2) is 0 Å². The van der Waals surface area contributed by atoms with Gasteiger partial charge in [0.1, 0.15) is 18.6 Å². The van der Waals surface area contributed by atoms with Crippen LogP contribution in [0, 0.1) is 0 Å². The Morgan fingerprint density at radius 1 is 0.829 bits per heavy atom. The molecule has 0 saturated carbocycles. The molecule has 3 amide bonds. The average molecular weight is 500 g/mol. The molecule has 0 unspecified atom stereocenters. The number of carboxylic acid groups (broad SMARTS) is 1. The van der Waals surface area contributed by atoms with Crippen molar-refractivity contribution in [3.05, 3.63) is 0 Å². The zero-order valence-corrected chi connectivity index (χ0v) is 22.4. The topological polar surface area (TPSA) is 125 Å². The highest BCUT2D eigenvalue weighted by Gasteiger charge is 2.29. The van der Waals surface area contributed by atoms with E-state index in [1.165, 1.54) is 56.8 Å². The number of nitrogens with zero attached hydrogens (tertiary/aromatic N) is 1. The highest BCUT2D eigenvalue weighted by molar-refractivity contribution is 5.92. The van der Waals surface area contributed by atoms with Crippen molar-refractivity contribution in [2.45, 2.75) is 116 Å². The molecule has 0 spiro atoms. The maximum Gasteiger partial charge on any atom is 0.322 e. The van der Waals surface area contributed by atoms with Gasteiger partial charge >= 0.3 is 5.97 Å².